The van der Waals surface area contributed by atoms with Gasteiger partial charge in [0, 0.05) is 16.1 Å². The lowest BCUT2D eigenvalue weighted by Gasteiger charge is -2.01. The topological polar surface area (TPSA) is 34.1 Å². The third-order valence-corrected chi connectivity index (χ3v) is 2.84. The van der Waals surface area contributed by atoms with Crippen LogP contribution >= 0.6 is 11.6 Å². The van der Waals surface area contributed by atoms with E-state index in [9.17, 15) is 9.59 Å². The summed E-state index contributed by atoms with van der Waals surface area (Å²) in [6.07, 6.45) is -0.119. The molecule has 2 aromatic rings. The maximum atomic E-state index is 11.9. The minimum Gasteiger partial charge on any atom is -0.294 e. The molecule has 2 nitrogen and oxygen atoms in total. The summed E-state index contributed by atoms with van der Waals surface area (Å²) >= 11 is 5.74. The zero-order valence-corrected chi connectivity index (χ0v) is 10.4. The maximum Gasteiger partial charge on any atom is 0.316 e. The summed E-state index contributed by atoms with van der Waals surface area (Å²) in [6, 6.07) is 15.3. The Morgan fingerprint density at radius 1 is 0.789 bits per heavy atom. The first-order chi connectivity index (χ1) is 8.66. The molecule has 0 amide bonds. The number of carbonyl (C=O) groups is 2. The Morgan fingerprint density at radius 3 is 1.79 bits per heavy atom. The second kappa shape index (κ2) is 7.43. The minimum atomic E-state index is -0.194. The molecule has 0 saturated carbocycles. The highest BCUT2D eigenvalue weighted by molar-refractivity contribution is 6.30. The predicted molar refractivity (Wildman–Crippen MR) is 79.7 cm³/mol. The number of benzene rings is 2. The van der Waals surface area contributed by atoms with Crippen LogP contribution in [0.3, 0.4) is 0 Å². The lowest BCUT2D eigenvalue weighted by atomic mass is 10.0. The van der Waals surface area contributed by atoms with Crippen molar-refractivity contribution in [2.24, 2.45) is 0 Å². The summed E-state index contributed by atoms with van der Waals surface area (Å²) in [7, 11) is 0. The van der Waals surface area contributed by atoms with Crippen molar-refractivity contribution < 1.29 is 9.59 Å². The van der Waals surface area contributed by atoms with Crippen molar-refractivity contribution in [1.29, 1.82) is 0 Å². The van der Waals surface area contributed by atoms with Gasteiger partial charge in [0.05, 0.1) is 6.42 Å². The van der Waals surface area contributed by atoms with Crippen LogP contribution in [0.1, 0.15) is 27.1 Å². The fraction of sp³-hybridized carbons (Fsp3) is 0.0667. The van der Waals surface area contributed by atoms with Gasteiger partial charge < -0.3 is 0 Å². The number of halogens is 1. The highest BCUT2D eigenvalue weighted by Gasteiger charge is 2.13. The smallest absolute Gasteiger partial charge is 0.294 e. The first-order valence-electron chi connectivity index (χ1n) is 5.54. The van der Waals surface area contributed by atoms with E-state index in [2.05, 4.69) is 0 Å². The molecule has 0 unspecified atom stereocenters. The molecular formula is C15H13ClMgO2. The van der Waals surface area contributed by atoms with Crippen molar-refractivity contribution >= 4 is 46.2 Å². The molecule has 19 heavy (non-hydrogen) atoms. The second-order valence-electron chi connectivity index (χ2n) is 3.90. The molecule has 0 N–H and O–H groups in total. The van der Waals surface area contributed by atoms with E-state index in [0.29, 0.717) is 16.1 Å². The molecule has 0 aliphatic heterocycles. The van der Waals surface area contributed by atoms with Crippen LogP contribution in [0, 0.1) is 0 Å². The Labute approximate surface area is 132 Å². The third kappa shape index (κ3) is 4.46. The number of Topliss-reactive ketones (excluding diaryl/α,β-unsaturated/α-hetero) is 2. The van der Waals surface area contributed by atoms with Gasteiger partial charge in [0.2, 0.25) is 0 Å². The maximum absolute atomic E-state index is 11.9. The normalized spacial score (nSPS) is 9.53. The van der Waals surface area contributed by atoms with Gasteiger partial charge in [0.15, 0.2) is 11.6 Å². The molecule has 0 aromatic heterocycles. The highest BCUT2D eigenvalue weighted by atomic mass is 35.5. The number of carbonyl (C=O) groups excluding carboxylic acids is 2. The Bertz CT molecular complexity index is 564. The average Bonchev–Trinajstić information content (AvgIpc) is 2.40. The standard InChI is InChI=1S/C15H11ClO2.Mg.2H/c16-13-8-6-12(7-9-13)15(18)10-14(17)11-4-2-1-3-5-11;;;/h1-9H,10H2;;;. The summed E-state index contributed by atoms with van der Waals surface area (Å²) in [5, 5.41) is 0.570. The van der Waals surface area contributed by atoms with E-state index >= 15 is 0 Å². The monoisotopic (exact) mass is 284 g/mol. The van der Waals surface area contributed by atoms with E-state index in [1.807, 2.05) is 6.07 Å². The van der Waals surface area contributed by atoms with Crippen molar-refractivity contribution in [2.75, 3.05) is 0 Å². The highest BCUT2D eigenvalue weighted by Crippen LogP contribution is 2.12. The lowest BCUT2D eigenvalue weighted by Crippen LogP contribution is -2.08. The van der Waals surface area contributed by atoms with E-state index in [-0.39, 0.29) is 41.0 Å². The lowest BCUT2D eigenvalue weighted by molar-refractivity contribution is 0.0894. The largest absolute Gasteiger partial charge is 0.316 e. The molecule has 0 radical (unpaired) electrons. The molecule has 0 spiro atoms. The molecule has 0 atom stereocenters. The average molecular weight is 285 g/mol. The molecule has 0 aliphatic rings. The van der Waals surface area contributed by atoms with Gasteiger partial charge in [-0.2, -0.15) is 0 Å². The van der Waals surface area contributed by atoms with Crippen LogP contribution < -0.4 is 0 Å². The summed E-state index contributed by atoms with van der Waals surface area (Å²) < 4.78 is 0. The third-order valence-electron chi connectivity index (χ3n) is 2.58. The number of rotatable bonds is 4. The molecule has 94 valence electrons. The van der Waals surface area contributed by atoms with Crippen LogP contribution in [0.2, 0.25) is 5.02 Å². The quantitative estimate of drug-likeness (QED) is 0.492. The summed E-state index contributed by atoms with van der Waals surface area (Å²) in [4.78, 5) is 23.7. The minimum absolute atomic E-state index is 0. The van der Waals surface area contributed by atoms with E-state index in [4.69, 9.17) is 11.6 Å². The molecule has 0 fully saturated rings. The fourth-order valence-corrected chi connectivity index (χ4v) is 1.74. The van der Waals surface area contributed by atoms with E-state index in [1.165, 1.54) is 0 Å². The van der Waals surface area contributed by atoms with Gasteiger partial charge in [-0.05, 0) is 24.3 Å². The van der Waals surface area contributed by atoms with E-state index in [1.54, 1.807) is 48.5 Å². The number of hydrogen-bond acceptors (Lipinski definition) is 2. The first-order valence-corrected chi connectivity index (χ1v) is 5.91. The zero-order valence-electron chi connectivity index (χ0n) is 9.60. The molecule has 0 bridgehead atoms. The molecule has 0 heterocycles. The van der Waals surface area contributed by atoms with Crippen molar-refractivity contribution in [3.05, 3.63) is 70.7 Å². The molecule has 0 aliphatic carbocycles. The van der Waals surface area contributed by atoms with Gasteiger partial charge in [-0.25, -0.2) is 0 Å². The molecule has 2 rings (SSSR count). The second-order valence-corrected chi connectivity index (χ2v) is 4.33. The SMILES string of the molecule is O=C(CC(=O)c1ccc(Cl)cc1)c1ccccc1.[MgH2]. The van der Waals surface area contributed by atoms with Crippen LogP contribution in [0.4, 0.5) is 0 Å². The predicted octanol–water partition coefficient (Wildman–Crippen LogP) is 2.88. The zero-order chi connectivity index (χ0) is 13.0. The number of ketones is 2. The molecule has 4 heteroatoms. The van der Waals surface area contributed by atoms with Crippen molar-refractivity contribution in [2.45, 2.75) is 6.42 Å². The Balaban J connectivity index is 0.00000180. The van der Waals surface area contributed by atoms with Gasteiger partial charge in [0.25, 0.3) is 0 Å². The van der Waals surface area contributed by atoms with Gasteiger partial charge in [-0.15, -0.1) is 0 Å². The Kier molecular flexibility index (Phi) is 6.22. The van der Waals surface area contributed by atoms with Gasteiger partial charge >= 0.3 is 23.1 Å². The van der Waals surface area contributed by atoms with Crippen LogP contribution in [-0.2, 0) is 0 Å². The summed E-state index contributed by atoms with van der Waals surface area (Å²) in [5.74, 6) is -0.365. The van der Waals surface area contributed by atoms with Crippen LogP contribution in [-0.4, -0.2) is 34.6 Å². The van der Waals surface area contributed by atoms with Crippen molar-refractivity contribution in [1.82, 2.24) is 0 Å². The summed E-state index contributed by atoms with van der Waals surface area (Å²) in [6.45, 7) is 0. The molecule has 0 saturated heterocycles. The van der Waals surface area contributed by atoms with Crippen molar-refractivity contribution in [3.8, 4) is 0 Å². The van der Waals surface area contributed by atoms with Crippen molar-refractivity contribution in [3.63, 3.8) is 0 Å². The van der Waals surface area contributed by atoms with E-state index < -0.39 is 0 Å². The summed E-state index contributed by atoms with van der Waals surface area (Å²) in [5.41, 5.74) is 1.06. The fourth-order valence-electron chi connectivity index (χ4n) is 1.61. The molecule has 2 aromatic carbocycles. The van der Waals surface area contributed by atoms with Crippen LogP contribution in [0.25, 0.3) is 0 Å². The van der Waals surface area contributed by atoms with Gasteiger partial charge in [-0.3, -0.25) is 9.59 Å². The van der Waals surface area contributed by atoms with Crippen LogP contribution in [0.5, 0.6) is 0 Å². The van der Waals surface area contributed by atoms with Gasteiger partial charge in [-0.1, -0.05) is 41.9 Å². The molecular weight excluding hydrogens is 272 g/mol. The Hall–Kier alpha value is -1.16. The Morgan fingerprint density at radius 2 is 1.26 bits per heavy atom. The van der Waals surface area contributed by atoms with Crippen LogP contribution in [0.15, 0.2) is 54.6 Å². The van der Waals surface area contributed by atoms with E-state index in [0.717, 1.165) is 0 Å². The number of hydrogen-bond donors (Lipinski definition) is 0. The first kappa shape index (κ1) is 15.9. The van der Waals surface area contributed by atoms with Gasteiger partial charge in [0.1, 0.15) is 0 Å².